The van der Waals surface area contributed by atoms with Crippen LogP contribution >= 0.6 is 11.8 Å². The average molecular weight is 168 g/mol. The quantitative estimate of drug-likeness (QED) is 0.691. The van der Waals surface area contributed by atoms with Gasteiger partial charge in [0.05, 0.1) is 5.75 Å². The fraction of sp³-hybridized carbons (Fsp3) is 0.500. The third-order valence-electron chi connectivity index (χ3n) is 1.17. The zero-order valence-electron chi connectivity index (χ0n) is 6.82. The molecule has 0 radical (unpaired) electrons. The molecule has 0 saturated heterocycles. The monoisotopic (exact) mass is 168 g/mol. The molecule has 0 unspecified atom stereocenters. The van der Waals surface area contributed by atoms with Crippen LogP contribution in [0.5, 0.6) is 0 Å². The van der Waals surface area contributed by atoms with E-state index in [-0.39, 0.29) is 0 Å². The Bertz CT molecular complexity index is 199. The molecule has 2 nitrogen and oxygen atoms in total. The van der Waals surface area contributed by atoms with Crippen molar-refractivity contribution in [3.05, 3.63) is 24.3 Å². The highest BCUT2D eigenvalue weighted by atomic mass is 32.2. The molecule has 1 aromatic heterocycles. The van der Waals surface area contributed by atoms with Gasteiger partial charge in [0, 0.05) is 12.4 Å². The lowest BCUT2D eigenvalue weighted by molar-refractivity contribution is 1.02. The number of aromatic nitrogens is 2. The van der Waals surface area contributed by atoms with Crippen LogP contribution in [0.4, 0.5) is 0 Å². The van der Waals surface area contributed by atoms with E-state index in [2.05, 4.69) is 23.8 Å². The molecule has 1 aromatic rings. The highest BCUT2D eigenvalue weighted by Crippen LogP contribution is 2.13. The first-order valence-corrected chi connectivity index (χ1v) is 4.71. The fourth-order valence-electron chi connectivity index (χ4n) is 0.646. The van der Waals surface area contributed by atoms with Gasteiger partial charge in [-0.2, -0.15) is 11.8 Å². The molecule has 3 heteroatoms. The minimum Gasteiger partial charge on any atom is -0.240 e. The van der Waals surface area contributed by atoms with Crippen LogP contribution in [0.2, 0.25) is 0 Å². The molecule has 0 saturated carbocycles. The van der Waals surface area contributed by atoms with Gasteiger partial charge in [0.1, 0.15) is 5.82 Å². The van der Waals surface area contributed by atoms with Crippen LogP contribution < -0.4 is 0 Å². The Morgan fingerprint density at radius 1 is 1.36 bits per heavy atom. The number of thioether (sulfide) groups is 1. The summed E-state index contributed by atoms with van der Waals surface area (Å²) in [6.07, 6.45) is 3.56. The van der Waals surface area contributed by atoms with Crippen molar-refractivity contribution in [2.45, 2.75) is 24.9 Å². The second kappa shape index (κ2) is 4.34. The molecule has 0 spiro atoms. The van der Waals surface area contributed by atoms with Crippen molar-refractivity contribution < 1.29 is 0 Å². The first-order valence-electron chi connectivity index (χ1n) is 3.66. The maximum absolute atomic E-state index is 4.12. The molecule has 0 aliphatic heterocycles. The first-order chi connectivity index (χ1) is 5.29. The Morgan fingerprint density at radius 2 is 2.00 bits per heavy atom. The Balaban J connectivity index is 2.39. The van der Waals surface area contributed by atoms with Gasteiger partial charge in [0.25, 0.3) is 0 Å². The van der Waals surface area contributed by atoms with Gasteiger partial charge in [-0.05, 0) is 11.3 Å². The van der Waals surface area contributed by atoms with E-state index in [1.54, 1.807) is 12.4 Å². The van der Waals surface area contributed by atoms with E-state index in [1.165, 1.54) is 0 Å². The van der Waals surface area contributed by atoms with Gasteiger partial charge in [-0.1, -0.05) is 13.8 Å². The summed E-state index contributed by atoms with van der Waals surface area (Å²) in [5, 5.41) is 0.652. The number of rotatable bonds is 3. The highest BCUT2D eigenvalue weighted by Gasteiger charge is 1.97. The standard InChI is InChI=1S/C8H12N2S/c1-7(2)11-6-8-9-4-3-5-10-8/h3-5,7H,6H2,1-2H3. The number of hydrogen-bond acceptors (Lipinski definition) is 3. The Hall–Kier alpha value is -0.570. The van der Waals surface area contributed by atoms with Gasteiger partial charge in [0.2, 0.25) is 0 Å². The Morgan fingerprint density at radius 3 is 2.55 bits per heavy atom. The number of nitrogens with zero attached hydrogens (tertiary/aromatic N) is 2. The predicted molar refractivity (Wildman–Crippen MR) is 48.5 cm³/mol. The lowest BCUT2D eigenvalue weighted by Gasteiger charge is -2.01. The third kappa shape index (κ3) is 3.37. The highest BCUT2D eigenvalue weighted by molar-refractivity contribution is 7.99. The second-order valence-corrected chi connectivity index (χ2v) is 4.09. The minimum atomic E-state index is 0.652. The van der Waals surface area contributed by atoms with Crippen molar-refractivity contribution >= 4 is 11.8 Å². The van der Waals surface area contributed by atoms with Crippen molar-refractivity contribution in [1.29, 1.82) is 0 Å². The molecule has 0 aliphatic rings. The van der Waals surface area contributed by atoms with Crippen LogP contribution in [0.25, 0.3) is 0 Å². The molecule has 1 heterocycles. The van der Waals surface area contributed by atoms with Crippen molar-refractivity contribution in [3.63, 3.8) is 0 Å². The Kier molecular flexibility index (Phi) is 3.36. The van der Waals surface area contributed by atoms with Crippen molar-refractivity contribution in [2.24, 2.45) is 0 Å². The molecule has 0 fully saturated rings. The van der Waals surface area contributed by atoms with E-state index in [4.69, 9.17) is 0 Å². The summed E-state index contributed by atoms with van der Waals surface area (Å²) in [5.41, 5.74) is 0. The molecule has 0 amide bonds. The van der Waals surface area contributed by atoms with E-state index in [0.717, 1.165) is 11.6 Å². The van der Waals surface area contributed by atoms with Gasteiger partial charge in [-0.25, -0.2) is 9.97 Å². The van der Waals surface area contributed by atoms with Gasteiger partial charge in [-0.3, -0.25) is 0 Å². The summed E-state index contributed by atoms with van der Waals surface area (Å²) in [6.45, 7) is 4.35. The smallest absolute Gasteiger partial charge is 0.138 e. The SMILES string of the molecule is CC(C)SCc1ncccn1. The Labute approximate surface area is 71.5 Å². The van der Waals surface area contributed by atoms with Gasteiger partial charge in [-0.15, -0.1) is 0 Å². The molecule has 0 bridgehead atoms. The molecule has 1 rings (SSSR count). The summed E-state index contributed by atoms with van der Waals surface area (Å²) >= 11 is 1.86. The molecule has 0 N–H and O–H groups in total. The van der Waals surface area contributed by atoms with Crippen LogP contribution in [0.3, 0.4) is 0 Å². The third-order valence-corrected chi connectivity index (χ3v) is 2.26. The van der Waals surface area contributed by atoms with E-state index in [0.29, 0.717) is 5.25 Å². The molecule has 60 valence electrons. The van der Waals surface area contributed by atoms with Crippen LogP contribution in [0.1, 0.15) is 19.7 Å². The lowest BCUT2D eigenvalue weighted by atomic mass is 10.6. The normalized spacial score (nSPS) is 10.5. The van der Waals surface area contributed by atoms with Gasteiger partial charge >= 0.3 is 0 Å². The largest absolute Gasteiger partial charge is 0.240 e. The van der Waals surface area contributed by atoms with Crippen molar-refractivity contribution in [3.8, 4) is 0 Å². The first kappa shape index (κ1) is 8.53. The van der Waals surface area contributed by atoms with Crippen LogP contribution in [-0.2, 0) is 5.75 Å². The zero-order valence-corrected chi connectivity index (χ0v) is 7.64. The van der Waals surface area contributed by atoms with Crippen LogP contribution in [-0.4, -0.2) is 15.2 Å². The summed E-state index contributed by atoms with van der Waals surface area (Å²) in [7, 11) is 0. The van der Waals surface area contributed by atoms with E-state index in [9.17, 15) is 0 Å². The summed E-state index contributed by atoms with van der Waals surface area (Å²) < 4.78 is 0. The molecule has 11 heavy (non-hydrogen) atoms. The summed E-state index contributed by atoms with van der Waals surface area (Å²) in [5.74, 6) is 1.84. The topological polar surface area (TPSA) is 25.8 Å². The van der Waals surface area contributed by atoms with Crippen molar-refractivity contribution in [2.75, 3.05) is 0 Å². The van der Waals surface area contributed by atoms with E-state index < -0.39 is 0 Å². The average Bonchev–Trinajstić information content (AvgIpc) is 2.03. The summed E-state index contributed by atoms with van der Waals surface area (Å²) in [6, 6.07) is 1.84. The zero-order chi connectivity index (χ0) is 8.10. The molecule has 0 atom stereocenters. The lowest BCUT2D eigenvalue weighted by Crippen LogP contribution is -1.93. The van der Waals surface area contributed by atoms with Crippen LogP contribution in [0, 0.1) is 0 Å². The second-order valence-electron chi connectivity index (χ2n) is 2.52. The van der Waals surface area contributed by atoms with Crippen molar-refractivity contribution in [1.82, 2.24) is 9.97 Å². The molecule has 0 aliphatic carbocycles. The maximum atomic E-state index is 4.12. The van der Waals surface area contributed by atoms with E-state index in [1.807, 2.05) is 17.8 Å². The minimum absolute atomic E-state index is 0.652. The molecular weight excluding hydrogens is 156 g/mol. The van der Waals surface area contributed by atoms with Gasteiger partial charge in [0.15, 0.2) is 0 Å². The summed E-state index contributed by atoms with van der Waals surface area (Å²) in [4.78, 5) is 8.24. The van der Waals surface area contributed by atoms with Crippen LogP contribution in [0.15, 0.2) is 18.5 Å². The molecule has 0 aromatic carbocycles. The van der Waals surface area contributed by atoms with Gasteiger partial charge < -0.3 is 0 Å². The predicted octanol–water partition coefficient (Wildman–Crippen LogP) is 2.12. The number of hydrogen-bond donors (Lipinski definition) is 0. The van der Waals surface area contributed by atoms with E-state index >= 15 is 0 Å². The fourth-order valence-corrected chi connectivity index (χ4v) is 1.28. The maximum Gasteiger partial charge on any atom is 0.138 e. The molecular formula is C8H12N2S.